The van der Waals surface area contributed by atoms with Crippen LogP contribution < -0.4 is 5.56 Å². The first-order chi connectivity index (χ1) is 13.6. The van der Waals surface area contributed by atoms with Crippen LogP contribution in [0.4, 0.5) is 11.4 Å². The third kappa shape index (κ3) is 3.85. The minimum absolute atomic E-state index is 0.0188. The topological polar surface area (TPSA) is 117 Å². The van der Waals surface area contributed by atoms with Crippen molar-refractivity contribution in [1.82, 2.24) is 4.57 Å². The number of aldehydes is 1. The molecule has 0 spiro atoms. The van der Waals surface area contributed by atoms with E-state index in [-0.39, 0.29) is 29.8 Å². The van der Waals surface area contributed by atoms with Gasteiger partial charge >= 0.3 is 0 Å². The Hall–Kier alpha value is -3.31. The van der Waals surface area contributed by atoms with Crippen LogP contribution in [-0.4, -0.2) is 28.7 Å². The second kappa shape index (κ2) is 8.59. The Kier molecular flexibility index (Phi) is 5.96. The number of hydrogen-bond acceptors (Lipinski definition) is 7. The number of hydrogen-bond donors (Lipinski definition) is 1. The summed E-state index contributed by atoms with van der Waals surface area (Å²) >= 11 is 0. The lowest BCUT2D eigenvalue weighted by Gasteiger charge is -2.17. The lowest BCUT2D eigenvalue weighted by Crippen LogP contribution is -2.27. The summed E-state index contributed by atoms with van der Waals surface area (Å²) in [7, 11) is 0. The first-order valence-electron chi connectivity index (χ1n) is 9.06. The van der Waals surface area contributed by atoms with Gasteiger partial charge in [-0.3, -0.25) is 14.2 Å². The van der Waals surface area contributed by atoms with Gasteiger partial charge in [-0.1, -0.05) is 6.92 Å². The first kappa shape index (κ1) is 19.5. The summed E-state index contributed by atoms with van der Waals surface area (Å²) in [5.74, 6) is -0.367. The molecule has 1 aromatic heterocycles. The zero-order chi connectivity index (χ0) is 20.1. The number of aromatic nitrogens is 1. The maximum absolute atomic E-state index is 13.0. The SMILES string of the molecule is CCc1c(C#N)c(O)n(CC2CCCO2)c(=O)c1N=Nc1ccc(C=O)cc1. The van der Waals surface area contributed by atoms with Gasteiger partial charge in [0.1, 0.15) is 17.9 Å². The van der Waals surface area contributed by atoms with Crippen molar-refractivity contribution in [1.29, 1.82) is 5.26 Å². The van der Waals surface area contributed by atoms with Crippen molar-refractivity contribution < 1.29 is 14.6 Å². The highest BCUT2D eigenvalue weighted by atomic mass is 16.5. The number of rotatable bonds is 6. The molecule has 1 aliphatic heterocycles. The van der Waals surface area contributed by atoms with E-state index in [4.69, 9.17) is 4.74 Å². The van der Waals surface area contributed by atoms with Gasteiger partial charge in [-0.15, -0.1) is 5.11 Å². The molecule has 1 fully saturated rings. The average Bonchev–Trinajstić information content (AvgIpc) is 3.23. The molecule has 0 amide bonds. The highest BCUT2D eigenvalue weighted by Crippen LogP contribution is 2.29. The molecule has 28 heavy (non-hydrogen) atoms. The number of nitriles is 1. The predicted octanol–water partition coefficient (Wildman–Crippen LogP) is 3.39. The van der Waals surface area contributed by atoms with Crippen molar-refractivity contribution in [2.24, 2.45) is 10.2 Å². The maximum atomic E-state index is 13.0. The number of ether oxygens (including phenoxy) is 1. The molecule has 0 aliphatic carbocycles. The van der Waals surface area contributed by atoms with E-state index in [9.17, 15) is 20.0 Å². The number of carbonyl (C=O) groups is 1. The summed E-state index contributed by atoms with van der Waals surface area (Å²) in [6, 6.07) is 8.37. The fraction of sp³-hybridized carbons (Fsp3) is 0.350. The summed E-state index contributed by atoms with van der Waals surface area (Å²) in [5, 5.41) is 28.2. The molecule has 1 saturated heterocycles. The van der Waals surface area contributed by atoms with Crippen LogP contribution in [-0.2, 0) is 17.7 Å². The van der Waals surface area contributed by atoms with E-state index < -0.39 is 5.56 Å². The minimum atomic E-state index is -0.517. The van der Waals surface area contributed by atoms with Gasteiger partial charge in [0.25, 0.3) is 5.56 Å². The summed E-state index contributed by atoms with van der Waals surface area (Å²) < 4.78 is 6.69. The molecule has 1 aliphatic rings. The van der Waals surface area contributed by atoms with Crippen LogP contribution in [0, 0.1) is 11.3 Å². The van der Waals surface area contributed by atoms with Crippen molar-refractivity contribution in [2.45, 2.75) is 38.8 Å². The van der Waals surface area contributed by atoms with Crippen LogP contribution in [0.1, 0.15) is 41.3 Å². The largest absolute Gasteiger partial charge is 0.493 e. The third-order valence-electron chi connectivity index (χ3n) is 4.68. The van der Waals surface area contributed by atoms with Crippen LogP contribution in [0.15, 0.2) is 39.3 Å². The van der Waals surface area contributed by atoms with Crippen LogP contribution in [0.2, 0.25) is 0 Å². The zero-order valence-electron chi connectivity index (χ0n) is 15.5. The molecule has 8 nitrogen and oxygen atoms in total. The highest BCUT2D eigenvalue weighted by Gasteiger charge is 2.24. The molecule has 1 N–H and O–H groups in total. The van der Waals surface area contributed by atoms with E-state index in [0.717, 1.165) is 23.7 Å². The molecule has 1 unspecified atom stereocenters. The molecule has 2 aromatic rings. The number of aromatic hydroxyl groups is 1. The molecule has 1 aromatic carbocycles. The zero-order valence-corrected chi connectivity index (χ0v) is 15.5. The average molecular weight is 380 g/mol. The molecule has 3 rings (SSSR count). The second-order valence-corrected chi connectivity index (χ2v) is 6.45. The number of azo groups is 1. The van der Waals surface area contributed by atoms with E-state index in [1.165, 1.54) is 0 Å². The summed E-state index contributed by atoms with van der Waals surface area (Å²) in [6.45, 7) is 2.54. The van der Waals surface area contributed by atoms with Gasteiger partial charge in [0.2, 0.25) is 5.88 Å². The van der Waals surface area contributed by atoms with Crippen LogP contribution >= 0.6 is 0 Å². The summed E-state index contributed by atoms with van der Waals surface area (Å²) in [6.07, 6.45) is 2.54. The monoisotopic (exact) mass is 380 g/mol. The van der Waals surface area contributed by atoms with E-state index in [1.54, 1.807) is 31.2 Å². The van der Waals surface area contributed by atoms with Crippen LogP contribution in [0.25, 0.3) is 0 Å². The van der Waals surface area contributed by atoms with E-state index >= 15 is 0 Å². The molecule has 0 radical (unpaired) electrons. The fourth-order valence-corrected chi connectivity index (χ4v) is 3.19. The third-order valence-corrected chi connectivity index (χ3v) is 4.68. The Labute approximate surface area is 161 Å². The maximum Gasteiger partial charge on any atom is 0.281 e. The Morgan fingerprint density at radius 2 is 2.11 bits per heavy atom. The van der Waals surface area contributed by atoms with Crippen LogP contribution in [0.3, 0.4) is 0 Å². The summed E-state index contributed by atoms with van der Waals surface area (Å²) in [4.78, 5) is 23.7. The lowest BCUT2D eigenvalue weighted by atomic mass is 10.1. The quantitative estimate of drug-likeness (QED) is 0.609. The van der Waals surface area contributed by atoms with Gasteiger partial charge in [-0.2, -0.15) is 10.4 Å². The highest BCUT2D eigenvalue weighted by molar-refractivity contribution is 5.75. The number of nitrogens with zero attached hydrogens (tertiary/aromatic N) is 4. The van der Waals surface area contributed by atoms with Gasteiger partial charge < -0.3 is 9.84 Å². The Balaban J connectivity index is 2.06. The molecular weight excluding hydrogens is 360 g/mol. The molecule has 2 heterocycles. The van der Waals surface area contributed by atoms with E-state index in [2.05, 4.69) is 10.2 Å². The van der Waals surface area contributed by atoms with Crippen molar-refractivity contribution in [2.75, 3.05) is 6.61 Å². The Morgan fingerprint density at radius 1 is 1.36 bits per heavy atom. The standard InChI is InChI=1S/C20H20N4O4/c1-2-16-17(10-21)19(26)24(11-15-4-3-9-28-15)20(27)18(16)23-22-14-7-5-13(12-25)6-8-14/h5-8,12,15,26H,2-4,9,11H2,1H3. The molecule has 8 heteroatoms. The number of carbonyl (C=O) groups excluding carboxylic acids is 1. The molecule has 0 saturated carbocycles. The normalized spacial score (nSPS) is 16.4. The van der Waals surface area contributed by atoms with Crippen molar-refractivity contribution >= 4 is 17.7 Å². The van der Waals surface area contributed by atoms with Crippen molar-refractivity contribution in [3.8, 4) is 11.9 Å². The number of pyridine rings is 1. The van der Waals surface area contributed by atoms with E-state index in [1.807, 2.05) is 6.07 Å². The molecule has 0 bridgehead atoms. The molecule has 144 valence electrons. The molecule has 1 atom stereocenters. The Morgan fingerprint density at radius 3 is 2.68 bits per heavy atom. The summed E-state index contributed by atoms with van der Waals surface area (Å²) in [5.41, 5.74) is 0.839. The van der Waals surface area contributed by atoms with Crippen molar-refractivity contribution in [3.05, 3.63) is 51.3 Å². The number of benzene rings is 1. The van der Waals surface area contributed by atoms with Gasteiger partial charge in [-0.25, -0.2) is 0 Å². The predicted molar refractivity (Wildman–Crippen MR) is 101 cm³/mol. The first-order valence-corrected chi connectivity index (χ1v) is 9.06. The Bertz CT molecular complexity index is 997. The van der Waals surface area contributed by atoms with Crippen LogP contribution in [0.5, 0.6) is 5.88 Å². The van der Waals surface area contributed by atoms with Crippen molar-refractivity contribution in [3.63, 3.8) is 0 Å². The van der Waals surface area contributed by atoms with Gasteiger partial charge in [0.15, 0.2) is 5.69 Å². The van der Waals surface area contributed by atoms with Gasteiger partial charge in [0, 0.05) is 17.7 Å². The lowest BCUT2D eigenvalue weighted by molar-refractivity contribution is 0.0939. The smallest absolute Gasteiger partial charge is 0.281 e. The molecular formula is C20H20N4O4. The van der Waals surface area contributed by atoms with E-state index in [0.29, 0.717) is 29.8 Å². The second-order valence-electron chi connectivity index (χ2n) is 6.45. The minimum Gasteiger partial charge on any atom is -0.493 e. The van der Waals surface area contributed by atoms with Gasteiger partial charge in [-0.05, 0) is 43.5 Å². The van der Waals surface area contributed by atoms with Gasteiger partial charge in [0.05, 0.1) is 18.3 Å². The fourth-order valence-electron chi connectivity index (χ4n) is 3.19.